The fourth-order valence-electron chi connectivity index (χ4n) is 6.81. The molecule has 162 valence electrons. The average Bonchev–Trinajstić information content (AvgIpc) is 3.33. The van der Waals surface area contributed by atoms with Gasteiger partial charge in [0.1, 0.15) is 6.10 Å². The molecule has 3 saturated heterocycles. The van der Waals surface area contributed by atoms with E-state index in [0.29, 0.717) is 29.7 Å². The minimum Gasteiger partial charge on any atom is -0.496 e. The van der Waals surface area contributed by atoms with Crippen LogP contribution in [0.5, 0.6) is 0 Å². The van der Waals surface area contributed by atoms with Gasteiger partial charge < -0.3 is 14.2 Å². The third-order valence-corrected chi connectivity index (χ3v) is 8.06. The highest BCUT2D eigenvalue weighted by atomic mass is 16.6. The molecule has 0 aromatic carbocycles. The van der Waals surface area contributed by atoms with E-state index in [4.69, 9.17) is 14.2 Å². The topological polar surface area (TPSA) is 82.1 Å². The predicted molar refractivity (Wildman–Crippen MR) is 106 cm³/mol. The van der Waals surface area contributed by atoms with Crippen LogP contribution in [0.15, 0.2) is 22.5 Å². The van der Waals surface area contributed by atoms with E-state index in [9.17, 15) is 14.4 Å². The zero-order valence-electron chi connectivity index (χ0n) is 18.1. The number of ether oxygens (including phenoxy) is 3. The summed E-state index contributed by atoms with van der Waals surface area (Å²) in [6.07, 6.45) is 4.69. The van der Waals surface area contributed by atoms with E-state index in [-0.39, 0.29) is 29.8 Å². The molecule has 0 aromatic heterocycles. The molecule has 0 bridgehead atoms. The third-order valence-electron chi connectivity index (χ3n) is 8.06. The average molecular weight is 415 g/mol. The smallest absolute Gasteiger partial charge is 0.338 e. The van der Waals surface area contributed by atoms with Gasteiger partial charge in [0.25, 0.3) is 5.60 Å². The Balaban J connectivity index is 1.69. The fourth-order valence-corrected chi connectivity index (χ4v) is 6.81. The number of esters is 2. The molecule has 1 aliphatic carbocycles. The van der Waals surface area contributed by atoms with Gasteiger partial charge >= 0.3 is 11.9 Å². The van der Waals surface area contributed by atoms with Gasteiger partial charge in [0.2, 0.25) is 5.78 Å². The number of hydrogen-bond acceptors (Lipinski definition) is 7. The number of Topliss-reactive ketones (excluding diaryl/α,β-unsaturated/α-hetero) is 1. The first-order valence-electron chi connectivity index (χ1n) is 11.0. The van der Waals surface area contributed by atoms with Gasteiger partial charge in [-0.15, -0.1) is 0 Å². The van der Waals surface area contributed by atoms with Crippen molar-refractivity contribution in [3.63, 3.8) is 0 Å². The van der Waals surface area contributed by atoms with Crippen molar-refractivity contribution in [2.75, 3.05) is 13.7 Å². The Morgan fingerprint density at radius 1 is 1.13 bits per heavy atom. The second-order valence-corrected chi connectivity index (χ2v) is 9.39. The van der Waals surface area contributed by atoms with Crippen LogP contribution in [-0.4, -0.2) is 59.6 Å². The molecule has 0 aromatic rings. The van der Waals surface area contributed by atoms with Gasteiger partial charge in [-0.05, 0) is 70.1 Å². The Bertz CT molecular complexity index is 919. The maximum Gasteiger partial charge on any atom is 0.338 e. The normalized spacial score (nSPS) is 41.3. The van der Waals surface area contributed by atoms with Crippen molar-refractivity contribution in [2.45, 2.75) is 82.6 Å². The van der Waals surface area contributed by atoms with Crippen LogP contribution in [0.1, 0.15) is 59.3 Å². The summed E-state index contributed by atoms with van der Waals surface area (Å²) in [7, 11) is 1.51. The molecule has 0 N–H and O–H groups in total. The SMILES string of the molecule is COC1=C(C)C(=O)O[C@]12C(=O)C(C)=C1CCCCN3[C@H]([C@@H]4C[C@@H](C)C(=O)O4)CC[C@]132. The van der Waals surface area contributed by atoms with Gasteiger partial charge in [0, 0.05) is 6.04 Å². The molecule has 2 spiro atoms. The molecule has 4 heterocycles. The minimum absolute atomic E-state index is 0.000268. The Labute approximate surface area is 176 Å². The van der Waals surface area contributed by atoms with Crippen molar-refractivity contribution in [1.82, 2.24) is 4.90 Å². The Hall–Kier alpha value is -2.15. The molecule has 3 fully saturated rings. The molecule has 0 radical (unpaired) electrons. The molecule has 0 saturated carbocycles. The van der Waals surface area contributed by atoms with Gasteiger partial charge in [0.15, 0.2) is 5.76 Å². The van der Waals surface area contributed by atoms with E-state index in [2.05, 4.69) is 4.90 Å². The van der Waals surface area contributed by atoms with Gasteiger partial charge in [-0.1, -0.05) is 6.92 Å². The van der Waals surface area contributed by atoms with Crippen LogP contribution in [0, 0.1) is 5.92 Å². The van der Waals surface area contributed by atoms with Crippen LogP contribution in [0.2, 0.25) is 0 Å². The largest absolute Gasteiger partial charge is 0.496 e. The number of hydrogen-bond donors (Lipinski definition) is 0. The lowest BCUT2D eigenvalue weighted by molar-refractivity contribution is -0.168. The highest BCUT2D eigenvalue weighted by molar-refractivity contribution is 6.14. The second kappa shape index (κ2) is 6.42. The molecular weight excluding hydrogens is 386 g/mol. The Morgan fingerprint density at radius 3 is 2.57 bits per heavy atom. The summed E-state index contributed by atoms with van der Waals surface area (Å²) in [6.45, 7) is 6.20. The maximum absolute atomic E-state index is 13.8. The lowest BCUT2D eigenvalue weighted by Gasteiger charge is -2.48. The van der Waals surface area contributed by atoms with E-state index in [1.807, 2.05) is 13.8 Å². The summed E-state index contributed by atoms with van der Waals surface area (Å²) in [6, 6.07) is 0.000268. The second-order valence-electron chi connectivity index (χ2n) is 9.39. The monoisotopic (exact) mass is 415 g/mol. The van der Waals surface area contributed by atoms with Crippen molar-refractivity contribution in [1.29, 1.82) is 0 Å². The molecule has 5 aliphatic rings. The van der Waals surface area contributed by atoms with Crippen LogP contribution in [0.25, 0.3) is 0 Å². The third kappa shape index (κ3) is 2.12. The van der Waals surface area contributed by atoms with Crippen molar-refractivity contribution in [3.05, 3.63) is 22.5 Å². The van der Waals surface area contributed by atoms with Gasteiger partial charge in [0.05, 0.1) is 24.1 Å². The van der Waals surface area contributed by atoms with E-state index in [0.717, 1.165) is 37.8 Å². The molecule has 0 amide bonds. The van der Waals surface area contributed by atoms with E-state index < -0.39 is 17.1 Å². The number of carbonyl (C=O) groups is 3. The number of carbonyl (C=O) groups excluding carboxylic acids is 3. The first-order chi connectivity index (χ1) is 14.3. The highest BCUT2D eigenvalue weighted by Gasteiger charge is 2.76. The number of cyclic esters (lactones) is 1. The van der Waals surface area contributed by atoms with Crippen molar-refractivity contribution in [2.24, 2.45) is 5.92 Å². The van der Waals surface area contributed by atoms with Crippen LogP contribution >= 0.6 is 0 Å². The Kier molecular flexibility index (Phi) is 4.24. The lowest BCUT2D eigenvalue weighted by Crippen LogP contribution is -2.66. The van der Waals surface area contributed by atoms with Crippen LogP contribution in [0.3, 0.4) is 0 Å². The minimum atomic E-state index is -1.46. The summed E-state index contributed by atoms with van der Waals surface area (Å²) in [5, 5.41) is 0. The molecule has 0 unspecified atom stereocenters. The number of ketones is 1. The molecular formula is C23H29NO6. The first kappa shape index (κ1) is 19.8. The van der Waals surface area contributed by atoms with E-state index in [1.165, 1.54) is 7.11 Å². The zero-order chi connectivity index (χ0) is 21.4. The van der Waals surface area contributed by atoms with E-state index >= 15 is 0 Å². The summed E-state index contributed by atoms with van der Waals surface area (Å²) < 4.78 is 17.5. The molecule has 7 nitrogen and oxygen atoms in total. The first-order valence-corrected chi connectivity index (χ1v) is 11.0. The molecule has 30 heavy (non-hydrogen) atoms. The van der Waals surface area contributed by atoms with Crippen molar-refractivity contribution >= 4 is 17.7 Å². The van der Waals surface area contributed by atoms with Gasteiger partial charge in [-0.3, -0.25) is 14.5 Å². The number of nitrogens with zero attached hydrogens (tertiary/aromatic N) is 1. The Morgan fingerprint density at radius 2 is 1.90 bits per heavy atom. The van der Waals surface area contributed by atoms with E-state index in [1.54, 1.807) is 6.92 Å². The maximum atomic E-state index is 13.8. The number of rotatable bonds is 2. The quantitative estimate of drug-likeness (QED) is 0.641. The van der Waals surface area contributed by atoms with Crippen LogP contribution in [-0.2, 0) is 28.6 Å². The van der Waals surface area contributed by atoms with Crippen molar-refractivity contribution in [3.8, 4) is 0 Å². The molecule has 4 aliphatic heterocycles. The highest BCUT2D eigenvalue weighted by Crippen LogP contribution is 2.62. The zero-order valence-corrected chi connectivity index (χ0v) is 18.1. The summed E-state index contributed by atoms with van der Waals surface area (Å²) >= 11 is 0. The number of methoxy groups -OCH3 is 1. The fraction of sp³-hybridized carbons (Fsp3) is 0.696. The lowest BCUT2D eigenvalue weighted by atomic mass is 9.73. The predicted octanol–water partition coefficient (Wildman–Crippen LogP) is 2.44. The molecule has 5 atom stereocenters. The van der Waals surface area contributed by atoms with Crippen molar-refractivity contribution < 1.29 is 28.6 Å². The molecule has 7 heteroatoms. The summed E-state index contributed by atoms with van der Waals surface area (Å²) in [5.41, 5.74) is -0.0942. The molecule has 5 rings (SSSR count). The summed E-state index contributed by atoms with van der Waals surface area (Å²) in [4.78, 5) is 41.0. The van der Waals surface area contributed by atoms with Crippen LogP contribution < -0.4 is 0 Å². The summed E-state index contributed by atoms with van der Waals surface area (Å²) in [5.74, 6) is -0.576. The van der Waals surface area contributed by atoms with Crippen LogP contribution in [0.4, 0.5) is 0 Å². The van der Waals surface area contributed by atoms with Gasteiger partial charge in [-0.25, -0.2) is 4.79 Å². The standard InChI is InChI=1S/C23H29NO6/c1-12-11-17(29-20(12)26)16-8-9-22-15(7-5-6-10-24(16)22)13(2)18(25)23(22)19(28-4)14(3)21(27)30-23/h12,16-17H,5-11H2,1-4H3/t12-,16+,17+,22-,23-/m1/s1. The van der Waals surface area contributed by atoms with Gasteiger partial charge in [-0.2, -0.15) is 0 Å².